The van der Waals surface area contributed by atoms with E-state index in [1.165, 1.54) is 15.7 Å². The summed E-state index contributed by atoms with van der Waals surface area (Å²) in [7, 11) is 1.69. The molecule has 4 nitrogen and oxygen atoms in total. The third-order valence-corrected chi connectivity index (χ3v) is 4.74. The number of hydrogen-bond acceptors (Lipinski definition) is 2. The molecule has 1 amide bonds. The molecular weight excluding hydrogens is 300 g/mol. The van der Waals surface area contributed by atoms with E-state index in [1.54, 1.807) is 19.3 Å². The number of fused-ring (bicyclic) bond motifs is 2. The second-order valence-electron chi connectivity index (χ2n) is 6.25. The second-order valence-corrected chi connectivity index (χ2v) is 6.25. The lowest BCUT2D eigenvalue weighted by Gasteiger charge is -2.29. The maximum atomic E-state index is 13.1. The van der Waals surface area contributed by atoms with Gasteiger partial charge in [-0.05, 0) is 23.6 Å². The van der Waals surface area contributed by atoms with Crippen molar-refractivity contribution in [3.63, 3.8) is 0 Å². The van der Waals surface area contributed by atoms with E-state index in [4.69, 9.17) is 0 Å². The number of carbonyl (C=O) groups is 1. The molecule has 0 bridgehead atoms. The Morgan fingerprint density at radius 3 is 2.42 bits per heavy atom. The molecule has 0 fully saturated rings. The van der Waals surface area contributed by atoms with Gasteiger partial charge in [0.05, 0.1) is 5.56 Å². The molecule has 0 atom stereocenters. The largest absolute Gasteiger partial charge is 0.334 e. The van der Waals surface area contributed by atoms with Crippen LogP contribution in [-0.4, -0.2) is 21.9 Å². The minimum Gasteiger partial charge on any atom is -0.334 e. The van der Waals surface area contributed by atoms with Crippen molar-refractivity contribution in [2.45, 2.75) is 13.0 Å². The van der Waals surface area contributed by atoms with Gasteiger partial charge >= 0.3 is 0 Å². The molecule has 4 heteroatoms. The zero-order valence-corrected chi connectivity index (χ0v) is 13.5. The second kappa shape index (κ2) is 5.64. The van der Waals surface area contributed by atoms with Crippen LogP contribution < -0.4 is 5.56 Å². The first kappa shape index (κ1) is 14.7. The van der Waals surface area contributed by atoms with Crippen molar-refractivity contribution in [1.82, 2.24) is 9.47 Å². The molecule has 0 spiro atoms. The number of pyridine rings is 1. The zero-order chi connectivity index (χ0) is 16.7. The van der Waals surface area contributed by atoms with Crippen LogP contribution in [-0.2, 0) is 20.0 Å². The number of nitrogens with zero attached hydrogens (tertiary/aromatic N) is 2. The van der Waals surface area contributed by atoms with Crippen molar-refractivity contribution >= 4 is 16.7 Å². The van der Waals surface area contributed by atoms with Crippen LogP contribution in [0.4, 0.5) is 0 Å². The Kier molecular flexibility index (Phi) is 3.45. The lowest BCUT2D eigenvalue weighted by molar-refractivity contribution is 0.0736. The molecule has 2 heterocycles. The highest BCUT2D eigenvalue weighted by Gasteiger charge is 2.23. The Hall–Kier alpha value is -2.88. The standard InChI is InChI=1S/C20H18N2O2/c1-21-13-18(16-8-4-5-9-17(16)19(21)23)20(24)22-11-10-14-6-2-3-7-15(14)12-22/h2-9,13H,10-12H2,1H3. The summed E-state index contributed by atoms with van der Waals surface area (Å²) in [5.74, 6) is -0.0173. The van der Waals surface area contributed by atoms with Gasteiger partial charge in [0.25, 0.3) is 11.5 Å². The Labute approximate surface area is 140 Å². The summed E-state index contributed by atoms with van der Waals surface area (Å²) in [6.45, 7) is 1.32. The van der Waals surface area contributed by atoms with Gasteiger partial charge in [0.2, 0.25) is 0 Å². The van der Waals surface area contributed by atoms with Gasteiger partial charge < -0.3 is 9.47 Å². The number of aryl methyl sites for hydroxylation is 1. The van der Waals surface area contributed by atoms with E-state index in [0.717, 1.165) is 11.8 Å². The first-order valence-electron chi connectivity index (χ1n) is 8.09. The molecule has 2 aromatic carbocycles. The van der Waals surface area contributed by atoms with Crippen molar-refractivity contribution in [3.8, 4) is 0 Å². The zero-order valence-electron chi connectivity index (χ0n) is 13.5. The lowest BCUT2D eigenvalue weighted by atomic mass is 9.98. The SMILES string of the molecule is Cn1cc(C(=O)N2CCc3ccccc3C2)c2ccccc2c1=O. The molecule has 3 aromatic rings. The van der Waals surface area contributed by atoms with Crippen molar-refractivity contribution in [2.75, 3.05) is 6.54 Å². The normalized spacial score (nSPS) is 13.8. The molecule has 1 aromatic heterocycles. The third-order valence-electron chi connectivity index (χ3n) is 4.74. The van der Waals surface area contributed by atoms with Crippen LogP contribution in [0.15, 0.2) is 59.5 Å². The third kappa shape index (κ3) is 2.31. The molecule has 1 aliphatic rings. The summed E-state index contributed by atoms with van der Waals surface area (Å²) in [6, 6.07) is 15.6. The summed E-state index contributed by atoms with van der Waals surface area (Å²) in [5, 5.41) is 1.31. The van der Waals surface area contributed by atoms with Crippen LogP contribution in [0, 0.1) is 0 Å². The van der Waals surface area contributed by atoms with Crippen LogP contribution in [0.5, 0.6) is 0 Å². The minimum absolute atomic E-state index is 0.0173. The van der Waals surface area contributed by atoms with Gasteiger partial charge in [-0.2, -0.15) is 0 Å². The topological polar surface area (TPSA) is 42.3 Å². The van der Waals surface area contributed by atoms with Gasteiger partial charge in [0, 0.05) is 37.1 Å². The summed E-state index contributed by atoms with van der Waals surface area (Å²) < 4.78 is 1.49. The fourth-order valence-electron chi connectivity index (χ4n) is 3.43. The lowest BCUT2D eigenvalue weighted by Crippen LogP contribution is -2.36. The van der Waals surface area contributed by atoms with E-state index < -0.39 is 0 Å². The monoisotopic (exact) mass is 318 g/mol. The molecule has 0 unspecified atom stereocenters. The van der Waals surface area contributed by atoms with E-state index in [9.17, 15) is 9.59 Å². The Morgan fingerprint density at radius 2 is 1.62 bits per heavy atom. The molecule has 0 radical (unpaired) electrons. The average Bonchev–Trinajstić information content (AvgIpc) is 2.64. The quantitative estimate of drug-likeness (QED) is 0.692. The van der Waals surface area contributed by atoms with Crippen molar-refractivity contribution in [2.24, 2.45) is 7.05 Å². The number of aromatic nitrogens is 1. The number of rotatable bonds is 1. The summed E-state index contributed by atoms with van der Waals surface area (Å²) >= 11 is 0. The van der Waals surface area contributed by atoms with Crippen LogP contribution in [0.25, 0.3) is 10.8 Å². The highest BCUT2D eigenvalue weighted by atomic mass is 16.2. The molecule has 24 heavy (non-hydrogen) atoms. The molecule has 4 rings (SSSR count). The molecule has 1 aliphatic heterocycles. The molecule has 0 saturated heterocycles. The molecular formula is C20H18N2O2. The highest BCUT2D eigenvalue weighted by Crippen LogP contribution is 2.23. The van der Waals surface area contributed by atoms with Crippen molar-refractivity contribution in [3.05, 3.63) is 81.8 Å². The van der Waals surface area contributed by atoms with E-state index in [1.807, 2.05) is 35.2 Å². The molecule has 0 saturated carbocycles. The van der Waals surface area contributed by atoms with Crippen molar-refractivity contribution < 1.29 is 4.79 Å². The Balaban J connectivity index is 1.78. The number of benzene rings is 2. The fourth-order valence-corrected chi connectivity index (χ4v) is 3.43. The minimum atomic E-state index is -0.0776. The smallest absolute Gasteiger partial charge is 0.258 e. The molecule has 0 aliphatic carbocycles. The number of hydrogen-bond donors (Lipinski definition) is 0. The van der Waals surface area contributed by atoms with Crippen LogP contribution in [0.1, 0.15) is 21.5 Å². The summed E-state index contributed by atoms with van der Waals surface area (Å²) in [5.41, 5.74) is 3.02. The maximum Gasteiger partial charge on any atom is 0.258 e. The number of carbonyl (C=O) groups excluding carboxylic acids is 1. The van der Waals surface area contributed by atoms with E-state index >= 15 is 0 Å². The van der Waals surface area contributed by atoms with Gasteiger partial charge in [0.15, 0.2) is 0 Å². The predicted octanol–water partition coefficient (Wildman–Crippen LogP) is 2.74. The first-order chi connectivity index (χ1) is 11.6. The highest BCUT2D eigenvalue weighted by molar-refractivity contribution is 6.06. The predicted molar refractivity (Wildman–Crippen MR) is 94.1 cm³/mol. The van der Waals surface area contributed by atoms with Gasteiger partial charge in [-0.3, -0.25) is 9.59 Å². The van der Waals surface area contributed by atoms with Crippen LogP contribution in [0.3, 0.4) is 0 Å². The van der Waals surface area contributed by atoms with Crippen LogP contribution >= 0.6 is 0 Å². The summed E-state index contributed by atoms with van der Waals surface area (Å²) in [6.07, 6.45) is 2.53. The molecule has 120 valence electrons. The average molecular weight is 318 g/mol. The summed E-state index contributed by atoms with van der Waals surface area (Å²) in [4.78, 5) is 27.2. The van der Waals surface area contributed by atoms with Gasteiger partial charge in [0.1, 0.15) is 0 Å². The first-order valence-corrected chi connectivity index (χ1v) is 8.09. The Bertz CT molecular complexity index is 1000. The Morgan fingerprint density at radius 1 is 0.958 bits per heavy atom. The van der Waals surface area contributed by atoms with Gasteiger partial charge in [-0.1, -0.05) is 42.5 Å². The van der Waals surface area contributed by atoms with Gasteiger partial charge in [-0.25, -0.2) is 0 Å². The van der Waals surface area contributed by atoms with Gasteiger partial charge in [-0.15, -0.1) is 0 Å². The van der Waals surface area contributed by atoms with Crippen LogP contribution in [0.2, 0.25) is 0 Å². The fraction of sp³-hybridized carbons (Fsp3) is 0.200. The van der Waals surface area contributed by atoms with Crippen molar-refractivity contribution in [1.29, 1.82) is 0 Å². The van der Waals surface area contributed by atoms with E-state index in [-0.39, 0.29) is 11.5 Å². The molecule has 0 N–H and O–H groups in total. The number of amides is 1. The maximum absolute atomic E-state index is 13.1. The van der Waals surface area contributed by atoms with E-state index in [0.29, 0.717) is 24.0 Å². The van der Waals surface area contributed by atoms with E-state index in [2.05, 4.69) is 12.1 Å².